The Kier molecular flexibility index (Phi) is 4.56. The molecular weight excluding hydrogens is 240 g/mol. The van der Waals surface area contributed by atoms with E-state index in [1.165, 1.54) is 0 Å². The number of hydrogen-bond acceptors (Lipinski definition) is 3. The molecule has 1 aliphatic heterocycles. The molecule has 0 spiro atoms. The van der Waals surface area contributed by atoms with Gasteiger partial charge in [0.05, 0.1) is 6.10 Å². The molecule has 2 unspecified atom stereocenters. The van der Waals surface area contributed by atoms with Gasteiger partial charge in [-0.25, -0.2) is 0 Å². The van der Waals surface area contributed by atoms with Crippen LogP contribution in [0.5, 0.6) is 0 Å². The average Bonchev–Trinajstić information content (AvgIpc) is 2.44. The molecule has 1 amide bonds. The minimum absolute atomic E-state index is 0.0592. The van der Waals surface area contributed by atoms with Crippen LogP contribution in [0.2, 0.25) is 0 Å². The van der Waals surface area contributed by atoms with Crippen molar-refractivity contribution < 1.29 is 9.90 Å². The molecule has 1 heterocycles. The molecule has 1 aliphatic rings. The highest BCUT2D eigenvalue weighted by molar-refractivity contribution is 5.96. The van der Waals surface area contributed by atoms with E-state index in [0.717, 1.165) is 30.6 Å². The molecule has 0 saturated carbocycles. The van der Waals surface area contributed by atoms with E-state index in [9.17, 15) is 9.90 Å². The Bertz CT molecular complexity index is 448. The van der Waals surface area contributed by atoms with Crippen molar-refractivity contribution in [3.63, 3.8) is 0 Å². The lowest BCUT2D eigenvalue weighted by molar-refractivity contribution is -0.119. The molecule has 2 N–H and O–H groups in total. The van der Waals surface area contributed by atoms with Gasteiger partial charge in [-0.2, -0.15) is 0 Å². The van der Waals surface area contributed by atoms with Gasteiger partial charge in [0, 0.05) is 25.2 Å². The third-order valence-corrected chi connectivity index (χ3v) is 3.77. The Morgan fingerprint density at radius 1 is 1.47 bits per heavy atom. The number of anilines is 1. The van der Waals surface area contributed by atoms with Gasteiger partial charge in [0.1, 0.15) is 0 Å². The summed E-state index contributed by atoms with van der Waals surface area (Å²) in [6.07, 6.45) is 1.71. The molecule has 0 fully saturated rings. The molecule has 2 rings (SSSR count). The molecule has 1 aromatic rings. The highest BCUT2D eigenvalue weighted by Crippen LogP contribution is 2.33. The van der Waals surface area contributed by atoms with E-state index in [2.05, 4.69) is 11.4 Å². The maximum atomic E-state index is 12.0. The standard InChI is InChI=1S/C15H22N2O2/c1-3-11(18)8-9-16-13-10-15(19)17(2)14-7-5-4-6-12(13)14/h4-7,11,13,16,18H,3,8-10H2,1-2H3. The second-order valence-corrected chi connectivity index (χ2v) is 5.07. The summed E-state index contributed by atoms with van der Waals surface area (Å²) in [6.45, 7) is 2.70. The molecule has 2 atom stereocenters. The second kappa shape index (κ2) is 6.17. The van der Waals surface area contributed by atoms with Crippen LogP contribution >= 0.6 is 0 Å². The lowest BCUT2D eigenvalue weighted by Gasteiger charge is -2.32. The number of benzene rings is 1. The molecule has 19 heavy (non-hydrogen) atoms. The Morgan fingerprint density at radius 3 is 2.95 bits per heavy atom. The summed E-state index contributed by atoms with van der Waals surface area (Å²) < 4.78 is 0. The minimum atomic E-state index is -0.260. The maximum absolute atomic E-state index is 12.0. The summed E-state index contributed by atoms with van der Waals surface area (Å²) in [5.74, 6) is 0.132. The quantitative estimate of drug-likeness (QED) is 0.851. The van der Waals surface area contributed by atoms with Gasteiger partial charge in [0.2, 0.25) is 5.91 Å². The number of para-hydroxylation sites is 1. The molecule has 0 aromatic heterocycles. The van der Waals surface area contributed by atoms with Gasteiger partial charge in [0.15, 0.2) is 0 Å². The van der Waals surface area contributed by atoms with Gasteiger partial charge in [-0.15, -0.1) is 0 Å². The molecule has 4 heteroatoms. The Hall–Kier alpha value is -1.39. The summed E-state index contributed by atoms with van der Waals surface area (Å²) in [6, 6.07) is 8.04. The van der Waals surface area contributed by atoms with Gasteiger partial charge in [-0.05, 0) is 31.0 Å². The number of amides is 1. The normalized spacial score (nSPS) is 20.3. The van der Waals surface area contributed by atoms with Crippen molar-refractivity contribution in [2.45, 2.75) is 38.3 Å². The third kappa shape index (κ3) is 3.14. The number of hydrogen-bond donors (Lipinski definition) is 2. The van der Waals surface area contributed by atoms with E-state index in [1.54, 1.807) is 4.90 Å². The summed E-state index contributed by atoms with van der Waals surface area (Å²) in [5, 5.41) is 12.9. The summed E-state index contributed by atoms with van der Waals surface area (Å²) >= 11 is 0. The molecular formula is C15H22N2O2. The summed E-state index contributed by atoms with van der Waals surface area (Å²) in [5.41, 5.74) is 2.14. The van der Waals surface area contributed by atoms with E-state index in [-0.39, 0.29) is 18.1 Å². The number of carbonyl (C=O) groups is 1. The topological polar surface area (TPSA) is 52.6 Å². The number of nitrogens with zero attached hydrogens (tertiary/aromatic N) is 1. The maximum Gasteiger partial charge on any atom is 0.228 e. The molecule has 4 nitrogen and oxygen atoms in total. The molecule has 1 aromatic carbocycles. The highest BCUT2D eigenvalue weighted by atomic mass is 16.3. The van der Waals surface area contributed by atoms with Crippen LogP contribution in [0.25, 0.3) is 0 Å². The van der Waals surface area contributed by atoms with Crippen molar-refractivity contribution in [3.05, 3.63) is 29.8 Å². The molecule has 0 radical (unpaired) electrons. The molecule has 0 bridgehead atoms. The van der Waals surface area contributed by atoms with Crippen LogP contribution in [-0.4, -0.2) is 30.7 Å². The number of rotatable bonds is 5. The SMILES string of the molecule is CCC(O)CCNC1CC(=O)N(C)c2ccccc21. The fourth-order valence-electron chi connectivity index (χ4n) is 2.45. The Labute approximate surface area is 114 Å². The lowest BCUT2D eigenvalue weighted by Crippen LogP contribution is -2.38. The lowest BCUT2D eigenvalue weighted by atomic mass is 9.96. The Balaban J connectivity index is 2.05. The van der Waals surface area contributed by atoms with Crippen LogP contribution < -0.4 is 10.2 Å². The van der Waals surface area contributed by atoms with E-state index in [0.29, 0.717) is 6.42 Å². The summed E-state index contributed by atoms with van der Waals surface area (Å²) in [4.78, 5) is 13.7. The van der Waals surface area contributed by atoms with Gasteiger partial charge in [0.25, 0.3) is 0 Å². The van der Waals surface area contributed by atoms with Crippen molar-refractivity contribution in [1.29, 1.82) is 0 Å². The largest absolute Gasteiger partial charge is 0.393 e. The van der Waals surface area contributed by atoms with Crippen molar-refractivity contribution >= 4 is 11.6 Å². The van der Waals surface area contributed by atoms with Gasteiger partial charge >= 0.3 is 0 Å². The minimum Gasteiger partial charge on any atom is -0.393 e. The summed E-state index contributed by atoms with van der Waals surface area (Å²) in [7, 11) is 1.82. The van der Waals surface area contributed by atoms with Gasteiger partial charge in [-0.1, -0.05) is 25.1 Å². The van der Waals surface area contributed by atoms with E-state index >= 15 is 0 Å². The van der Waals surface area contributed by atoms with Crippen molar-refractivity contribution in [3.8, 4) is 0 Å². The zero-order valence-corrected chi connectivity index (χ0v) is 11.6. The number of fused-ring (bicyclic) bond motifs is 1. The number of nitrogens with one attached hydrogen (secondary N) is 1. The van der Waals surface area contributed by atoms with E-state index in [1.807, 2.05) is 32.2 Å². The van der Waals surface area contributed by atoms with Crippen LogP contribution in [-0.2, 0) is 4.79 Å². The van der Waals surface area contributed by atoms with Crippen LogP contribution in [0.3, 0.4) is 0 Å². The van der Waals surface area contributed by atoms with Crippen molar-refractivity contribution in [2.24, 2.45) is 0 Å². The molecule has 104 valence electrons. The zero-order valence-electron chi connectivity index (χ0n) is 11.6. The monoisotopic (exact) mass is 262 g/mol. The number of carbonyl (C=O) groups excluding carboxylic acids is 1. The van der Waals surface area contributed by atoms with Crippen molar-refractivity contribution in [1.82, 2.24) is 5.32 Å². The van der Waals surface area contributed by atoms with Gasteiger partial charge < -0.3 is 15.3 Å². The van der Waals surface area contributed by atoms with Crippen molar-refractivity contribution in [2.75, 3.05) is 18.5 Å². The fraction of sp³-hybridized carbons (Fsp3) is 0.533. The second-order valence-electron chi connectivity index (χ2n) is 5.07. The molecule has 0 aliphatic carbocycles. The smallest absolute Gasteiger partial charge is 0.228 e. The first-order chi connectivity index (χ1) is 9.13. The number of aliphatic hydroxyl groups excluding tert-OH is 1. The average molecular weight is 262 g/mol. The van der Waals surface area contributed by atoms with Crippen LogP contribution in [0.4, 0.5) is 5.69 Å². The highest BCUT2D eigenvalue weighted by Gasteiger charge is 2.28. The van der Waals surface area contributed by atoms with E-state index in [4.69, 9.17) is 0 Å². The first-order valence-corrected chi connectivity index (χ1v) is 6.90. The van der Waals surface area contributed by atoms with Gasteiger partial charge in [-0.3, -0.25) is 4.79 Å². The van der Waals surface area contributed by atoms with Crippen LogP contribution in [0.15, 0.2) is 24.3 Å². The first kappa shape index (κ1) is 14.0. The predicted molar refractivity (Wildman–Crippen MR) is 76.1 cm³/mol. The van der Waals surface area contributed by atoms with Crippen LogP contribution in [0.1, 0.15) is 37.8 Å². The zero-order chi connectivity index (χ0) is 13.8. The Morgan fingerprint density at radius 2 is 2.21 bits per heavy atom. The predicted octanol–water partition coefficient (Wildman–Crippen LogP) is 1.84. The third-order valence-electron chi connectivity index (χ3n) is 3.77. The van der Waals surface area contributed by atoms with Crippen LogP contribution in [0, 0.1) is 0 Å². The first-order valence-electron chi connectivity index (χ1n) is 6.90. The fourth-order valence-corrected chi connectivity index (χ4v) is 2.45. The van der Waals surface area contributed by atoms with E-state index < -0.39 is 0 Å². The molecule has 0 saturated heterocycles. The number of aliphatic hydroxyl groups is 1.